The number of aromatic hydroxyl groups is 1. The van der Waals surface area contributed by atoms with Gasteiger partial charge in [-0.3, -0.25) is 0 Å². The number of anilines is 1. The van der Waals surface area contributed by atoms with Crippen molar-refractivity contribution in [3.05, 3.63) is 58.3 Å². The lowest BCUT2D eigenvalue weighted by Gasteiger charge is -2.05. The largest absolute Gasteiger partial charge is 0.508 e. The Morgan fingerprint density at radius 1 is 1.21 bits per heavy atom. The van der Waals surface area contributed by atoms with E-state index in [0.717, 1.165) is 17.7 Å². The fourth-order valence-corrected chi connectivity index (χ4v) is 1.61. The Bertz CT molecular complexity index is 552. The van der Waals surface area contributed by atoms with E-state index in [1.54, 1.807) is 18.2 Å². The first-order chi connectivity index (χ1) is 9.15. The molecule has 6 heteroatoms. The molecule has 0 unspecified atom stereocenters. The summed E-state index contributed by atoms with van der Waals surface area (Å²) in [6.45, 7) is 0.685. The Hall–Kier alpha value is -2.63. The third-order valence-corrected chi connectivity index (χ3v) is 2.61. The highest BCUT2D eigenvalue weighted by molar-refractivity contribution is 5.43. The van der Waals surface area contributed by atoms with Gasteiger partial charge in [-0.1, -0.05) is 12.1 Å². The highest BCUT2D eigenvalue weighted by Crippen LogP contribution is 2.12. The minimum Gasteiger partial charge on any atom is -0.508 e. The van der Waals surface area contributed by atoms with Crippen molar-refractivity contribution >= 4 is 11.5 Å². The summed E-state index contributed by atoms with van der Waals surface area (Å²) in [7, 11) is 0. The van der Waals surface area contributed by atoms with E-state index in [2.05, 4.69) is 10.3 Å². The Kier molecular flexibility index (Phi) is 3.92. The van der Waals surface area contributed by atoms with E-state index in [9.17, 15) is 10.1 Å². The van der Waals surface area contributed by atoms with Crippen LogP contribution < -0.4 is 5.32 Å². The molecular formula is C13H13N3O3. The molecule has 98 valence electrons. The number of nitrogens with zero attached hydrogens (tertiary/aromatic N) is 2. The van der Waals surface area contributed by atoms with Gasteiger partial charge < -0.3 is 20.5 Å². The van der Waals surface area contributed by atoms with E-state index in [4.69, 9.17) is 5.11 Å². The van der Waals surface area contributed by atoms with Crippen LogP contribution in [0.2, 0.25) is 0 Å². The molecule has 0 bridgehead atoms. The number of aromatic nitrogens is 1. The molecule has 2 N–H and O–H groups in total. The fourth-order valence-electron chi connectivity index (χ4n) is 1.61. The quantitative estimate of drug-likeness (QED) is 0.635. The Morgan fingerprint density at radius 2 is 1.95 bits per heavy atom. The number of hydrogen-bond donors (Lipinski definition) is 2. The first-order valence-electron chi connectivity index (χ1n) is 5.77. The summed E-state index contributed by atoms with van der Waals surface area (Å²) in [4.78, 5) is 13.6. The molecule has 1 aromatic carbocycles. The zero-order chi connectivity index (χ0) is 13.7. The molecular weight excluding hydrogens is 246 g/mol. The lowest BCUT2D eigenvalue weighted by atomic mass is 10.1. The molecule has 6 nitrogen and oxygen atoms in total. The van der Waals surface area contributed by atoms with Crippen LogP contribution in [-0.2, 0) is 6.42 Å². The number of phenols is 1. The van der Waals surface area contributed by atoms with Gasteiger partial charge in [0.25, 0.3) is 0 Å². The van der Waals surface area contributed by atoms with Crippen molar-refractivity contribution in [3.8, 4) is 5.75 Å². The minimum absolute atomic E-state index is 0.163. The maximum absolute atomic E-state index is 10.4. The molecule has 19 heavy (non-hydrogen) atoms. The van der Waals surface area contributed by atoms with E-state index in [1.807, 2.05) is 12.1 Å². The first-order valence-corrected chi connectivity index (χ1v) is 5.77. The van der Waals surface area contributed by atoms with Crippen molar-refractivity contribution in [2.24, 2.45) is 0 Å². The summed E-state index contributed by atoms with van der Waals surface area (Å²) in [6.07, 6.45) is 2.23. The van der Waals surface area contributed by atoms with Crippen LogP contribution in [0.15, 0.2) is 42.6 Å². The maximum atomic E-state index is 10.4. The van der Waals surface area contributed by atoms with Crippen molar-refractivity contribution in [1.29, 1.82) is 0 Å². The van der Waals surface area contributed by atoms with Crippen molar-refractivity contribution in [3.63, 3.8) is 0 Å². The van der Waals surface area contributed by atoms with Crippen molar-refractivity contribution in [1.82, 2.24) is 4.98 Å². The number of benzene rings is 1. The monoisotopic (exact) mass is 259 g/mol. The van der Waals surface area contributed by atoms with Crippen LogP contribution in [0, 0.1) is 10.1 Å². The van der Waals surface area contributed by atoms with Gasteiger partial charge in [0, 0.05) is 12.6 Å². The van der Waals surface area contributed by atoms with E-state index in [0.29, 0.717) is 6.54 Å². The van der Waals surface area contributed by atoms with Crippen LogP contribution in [0.5, 0.6) is 5.75 Å². The summed E-state index contributed by atoms with van der Waals surface area (Å²) in [5.41, 5.74) is 1.84. The van der Waals surface area contributed by atoms with Gasteiger partial charge in [0.05, 0.1) is 5.69 Å². The number of nitrogens with one attached hydrogen (secondary N) is 1. The molecule has 0 amide bonds. The molecule has 1 heterocycles. The summed E-state index contributed by atoms with van der Waals surface area (Å²) < 4.78 is 0. The Morgan fingerprint density at radius 3 is 2.53 bits per heavy atom. The molecule has 0 spiro atoms. The number of nitro groups is 1. The number of rotatable bonds is 5. The Balaban J connectivity index is 1.85. The molecule has 0 aliphatic carbocycles. The molecule has 0 fully saturated rings. The molecule has 0 saturated carbocycles. The van der Waals surface area contributed by atoms with Crippen LogP contribution >= 0.6 is 0 Å². The molecule has 2 aromatic rings. The van der Waals surface area contributed by atoms with Crippen LogP contribution in [0.25, 0.3) is 0 Å². The van der Waals surface area contributed by atoms with Gasteiger partial charge in [-0.05, 0) is 40.1 Å². The number of phenolic OH excluding ortho intramolecular Hbond substituents is 1. The van der Waals surface area contributed by atoms with Gasteiger partial charge in [-0.25, -0.2) is 0 Å². The Labute approximate surface area is 109 Å². The lowest BCUT2D eigenvalue weighted by Crippen LogP contribution is -2.05. The molecule has 1 aromatic heterocycles. The second-order valence-corrected chi connectivity index (χ2v) is 4.01. The van der Waals surface area contributed by atoms with Gasteiger partial charge in [0.2, 0.25) is 0 Å². The average Bonchev–Trinajstić information content (AvgIpc) is 2.41. The number of hydrogen-bond acceptors (Lipinski definition) is 5. The molecule has 2 rings (SSSR count). The maximum Gasteiger partial charge on any atom is 0.363 e. The van der Waals surface area contributed by atoms with E-state index in [1.165, 1.54) is 12.3 Å². The van der Waals surface area contributed by atoms with Crippen LogP contribution in [0.3, 0.4) is 0 Å². The third kappa shape index (κ3) is 3.67. The van der Waals surface area contributed by atoms with E-state index < -0.39 is 4.92 Å². The standard InChI is InChI=1S/C13H13N3O3/c17-12-4-1-10(2-5-12)7-8-14-11-3-6-13(15-9-11)16(18)19/h1-6,9,14,17H,7-8H2. The zero-order valence-electron chi connectivity index (χ0n) is 10.1. The lowest BCUT2D eigenvalue weighted by molar-refractivity contribution is -0.389. The van der Waals surface area contributed by atoms with Crippen LogP contribution in [0.1, 0.15) is 5.56 Å². The van der Waals surface area contributed by atoms with E-state index in [-0.39, 0.29) is 11.6 Å². The van der Waals surface area contributed by atoms with Crippen LogP contribution in [-0.4, -0.2) is 21.6 Å². The highest BCUT2D eigenvalue weighted by Gasteiger charge is 2.05. The van der Waals surface area contributed by atoms with Crippen molar-refractivity contribution in [2.45, 2.75) is 6.42 Å². The third-order valence-electron chi connectivity index (χ3n) is 2.61. The first kappa shape index (κ1) is 12.8. The molecule has 0 aliphatic heterocycles. The zero-order valence-corrected chi connectivity index (χ0v) is 10.1. The van der Waals surface area contributed by atoms with Gasteiger partial charge in [0.1, 0.15) is 5.75 Å². The van der Waals surface area contributed by atoms with Gasteiger partial charge in [-0.15, -0.1) is 0 Å². The second-order valence-electron chi connectivity index (χ2n) is 4.01. The molecule has 0 atom stereocenters. The summed E-state index contributed by atoms with van der Waals surface area (Å²) >= 11 is 0. The van der Waals surface area contributed by atoms with Gasteiger partial charge >= 0.3 is 5.82 Å². The average molecular weight is 259 g/mol. The SMILES string of the molecule is O=[N+]([O-])c1ccc(NCCc2ccc(O)cc2)cn1. The minimum atomic E-state index is -0.528. The normalized spacial score (nSPS) is 10.1. The molecule has 0 saturated heterocycles. The van der Waals surface area contributed by atoms with Crippen LogP contribution in [0.4, 0.5) is 11.5 Å². The number of pyridine rings is 1. The fraction of sp³-hybridized carbons (Fsp3) is 0.154. The molecule has 0 aliphatic rings. The van der Waals surface area contributed by atoms with Crippen molar-refractivity contribution in [2.75, 3.05) is 11.9 Å². The summed E-state index contributed by atoms with van der Waals surface area (Å²) in [5.74, 6) is 0.0837. The smallest absolute Gasteiger partial charge is 0.363 e. The van der Waals surface area contributed by atoms with E-state index >= 15 is 0 Å². The van der Waals surface area contributed by atoms with Gasteiger partial charge in [0.15, 0.2) is 6.20 Å². The summed E-state index contributed by atoms with van der Waals surface area (Å²) in [5, 5.41) is 22.7. The van der Waals surface area contributed by atoms with Gasteiger partial charge in [-0.2, -0.15) is 0 Å². The predicted octanol–water partition coefficient (Wildman–Crippen LogP) is 2.35. The summed E-state index contributed by atoms with van der Waals surface area (Å²) in [6, 6.07) is 9.98. The van der Waals surface area contributed by atoms with Crippen molar-refractivity contribution < 1.29 is 10.0 Å². The predicted molar refractivity (Wildman–Crippen MR) is 71.2 cm³/mol. The second kappa shape index (κ2) is 5.81. The highest BCUT2D eigenvalue weighted by atomic mass is 16.6. The molecule has 0 radical (unpaired) electrons. The topological polar surface area (TPSA) is 88.3 Å².